The van der Waals surface area contributed by atoms with Gasteiger partial charge >= 0.3 is 0 Å². The van der Waals surface area contributed by atoms with Crippen molar-refractivity contribution in [1.29, 1.82) is 0 Å². The third kappa shape index (κ3) is 2.68. The smallest absolute Gasteiger partial charge is 0.153 e. The lowest BCUT2D eigenvalue weighted by molar-refractivity contribution is 0.505. The van der Waals surface area contributed by atoms with Gasteiger partial charge in [0.15, 0.2) is 4.60 Å². The molecule has 0 bridgehead atoms. The van der Waals surface area contributed by atoms with Gasteiger partial charge in [-0.15, -0.1) is 5.10 Å². The van der Waals surface area contributed by atoms with Crippen LogP contribution >= 0.6 is 15.9 Å². The second-order valence-electron chi connectivity index (χ2n) is 3.67. The fourth-order valence-electron chi connectivity index (χ4n) is 1.70. The first kappa shape index (κ1) is 12.2. The summed E-state index contributed by atoms with van der Waals surface area (Å²) in [6.45, 7) is 0. The van der Waals surface area contributed by atoms with E-state index in [4.69, 9.17) is 5.84 Å². The molecule has 2 aromatic heterocycles. The summed E-state index contributed by atoms with van der Waals surface area (Å²) in [5.74, 6) is 5.59. The lowest BCUT2D eigenvalue weighted by Gasteiger charge is -2.16. The number of halogens is 1. The predicted octanol–water partition coefficient (Wildman–Crippen LogP) is 0.720. The van der Waals surface area contributed by atoms with Crippen LogP contribution < -0.4 is 11.3 Å². The van der Waals surface area contributed by atoms with Crippen molar-refractivity contribution in [2.75, 3.05) is 0 Å². The molecule has 0 aliphatic carbocycles. The zero-order chi connectivity index (χ0) is 12.3. The molecule has 0 spiro atoms. The van der Waals surface area contributed by atoms with Gasteiger partial charge < -0.3 is 0 Å². The molecule has 0 saturated heterocycles. The molecule has 0 aliphatic rings. The van der Waals surface area contributed by atoms with E-state index in [0.717, 1.165) is 17.7 Å². The van der Waals surface area contributed by atoms with Gasteiger partial charge in [0.2, 0.25) is 0 Å². The van der Waals surface area contributed by atoms with Crippen LogP contribution in [0.1, 0.15) is 17.3 Å². The van der Waals surface area contributed by atoms with Gasteiger partial charge in [-0.05, 0) is 40.0 Å². The average molecular weight is 297 g/mol. The number of pyridine rings is 1. The largest absolute Gasteiger partial charge is 0.271 e. The molecule has 1 atom stereocenters. The van der Waals surface area contributed by atoms with Gasteiger partial charge in [-0.3, -0.25) is 16.3 Å². The fraction of sp³-hybridized carbons (Fsp3) is 0.300. The van der Waals surface area contributed by atoms with Gasteiger partial charge in [0.25, 0.3) is 0 Å². The number of aromatic nitrogens is 4. The Hall–Kier alpha value is -1.31. The van der Waals surface area contributed by atoms with Crippen molar-refractivity contribution in [1.82, 2.24) is 25.4 Å². The standard InChI is InChI=1S/C10H13BrN6/c1-17-9(10(11)15-16-17)8(14-12)6-7-2-4-13-5-3-7/h2-5,8,14H,6,12H2,1H3. The Morgan fingerprint density at radius 3 is 2.71 bits per heavy atom. The van der Waals surface area contributed by atoms with Crippen molar-refractivity contribution in [3.63, 3.8) is 0 Å². The minimum Gasteiger partial charge on any atom is -0.271 e. The monoisotopic (exact) mass is 296 g/mol. The Morgan fingerprint density at radius 2 is 2.18 bits per heavy atom. The van der Waals surface area contributed by atoms with Gasteiger partial charge in [-0.25, -0.2) is 4.68 Å². The molecule has 0 saturated carbocycles. The van der Waals surface area contributed by atoms with Gasteiger partial charge in [0, 0.05) is 19.4 Å². The first-order valence-corrected chi connectivity index (χ1v) is 5.91. The van der Waals surface area contributed by atoms with Crippen LogP contribution in [0.3, 0.4) is 0 Å². The van der Waals surface area contributed by atoms with Crippen molar-refractivity contribution >= 4 is 15.9 Å². The summed E-state index contributed by atoms with van der Waals surface area (Å²) in [6.07, 6.45) is 4.28. The number of nitrogens with two attached hydrogens (primary N) is 1. The predicted molar refractivity (Wildman–Crippen MR) is 66.7 cm³/mol. The van der Waals surface area contributed by atoms with Gasteiger partial charge in [0.1, 0.15) is 0 Å². The fourth-order valence-corrected chi connectivity index (χ4v) is 2.30. The number of nitrogens with one attached hydrogen (secondary N) is 1. The number of nitrogens with zero attached hydrogens (tertiary/aromatic N) is 4. The van der Waals surface area contributed by atoms with E-state index in [9.17, 15) is 0 Å². The van der Waals surface area contributed by atoms with Gasteiger partial charge in [0.05, 0.1) is 11.7 Å². The molecule has 0 radical (unpaired) electrons. The summed E-state index contributed by atoms with van der Waals surface area (Å²) in [4.78, 5) is 3.99. The van der Waals surface area contributed by atoms with Crippen LogP contribution in [-0.2, 0) is 13.5 Å². The average Bonchev–Trinajstić information content (AvgIpc) is 2.68. The number of rotatable bonds is 4. The van der Waals surface area contributed by atoms with E-state index in [2.05, 4.69) is 36.7 Å². The molecule has 90 valence electrons. The molecule has 6 nitrogen and oxygen atoms in total. The Kier molecular flexibility index (Phi) is 3.82. The van der Waals surface area contributed by atoms with Crippen LogP contribution in [0.25, 0.3) is 0 Å². The van der Waals surface area contributed by atoms with Crippen molar-refractivity contribution in [3.8, 4) is 0 Å². The van der Waals surface area contributed by atoms with Crippen LogP contribution in [0.5, 0.6) is 0 Å². The normalized spacial score (nSPS) is 12.6. The van der Waals surface area contributed by atoms with E-state index in [1.54, 1.807) is 17.1 Å². The minimum absolute atomic E-state index is 0.0493. The minimum atomic E-state index is -0.0493. The Morgan fingerprint density at radius 1 is 1.47 bits per heavy atom. The topological polar surface area (TPSA) is 81.7 Å². The first-order chi connectivity index (χ1) is 8.22. The van der Waals surface area contributed by atoms with E-state index in [-0.39, 0.29) is 6.04 Å². The van der Waals surface area contributed by atoms with Crippen LogP contribution in [0.2, 0.25) is 0 Å². The summed E-state index contributed by atoms with van der Waals surface area (Å²) in [5, 5.41) is 7.89. The third-order valence-electron chi connectivity index (χ3n) is 2.55. The Labute approximate surface area is 107 Å². The van der Waals surface area contributed by atoms with Crippen LogP contribution in [0, 0.1) is 0 Å². The second kappa shape index (κ2) is 5.35. The van der Waals surface area contributed by atoms with E-state index in [0.29, 0.717) is 4.60 Å². The number of hydrazine groups is 1. The van der Waals surface area contributed by atoms with Crippen molar-refractivity contribution in [2.24, 2.45) is 12.9 Å². The molecule has 0 amide bonds. The maximum absolute atomic E-state index is 5.59. The third-order valence-corrected chi connectivity index (χ3v) is 3.11. The van der Waals surface area contributed by atoms with Gasteiger partial charge in [-0.1, -0.05) is 5.21 Å². The Balaban J connectivity index is 2.23. The van der Waals surface area contributed by atoms with Crippen LogP contribution in [0.15, 0.2) is 29.1 Å². The maximum Gasteiger partial charge on any atom is 0.153 e. The molecule has 2 rings (SSSR count). The zero-order valence-electron chi connectivity index (χ0n) is 9.34. The molecule has 7 heteroatoms. The highest BCUT2D eigenvalue weighted by molar-refractivity contribution is 9.10. The quantitative estimate of drug-likeness (QED) is 0.642. The van der Waals surface area contributed by atoms with E-state index in [1.807, 2.05) is 19.2 Å². The summed E-state index contributed by atoms with van der Waals surface area (Å²) in [7, 11) is 1.84. The van der Waals surface area contributed by atoms with Crippen molar-refractivity contribution in [2.45, 2.75) is 12.5 Å². The zero-order valence-corrected chi connectivity index (χ0v) is 10.9. The number of hydrogen-bond acceptors (Lipinski definition) is 5. The summed E-state index contributed by atoms with van der Waals surface area (Å²) in [5.41, 5.74) is 4.85. The highest BCUT2D eigenvalue weighted by Gasteiger charge is 2.19. The summed E-state index contributed by atoms with van der Waals surface area (Å²) >= 11 is 3.37. The molecule has 2 aromatic rings. The summed E-state index contributed by atoms with van der Waals surface area (Å²) in [6, 6.07) is 3.87. The molecular weight excluding hydrogens is 284 g/mol. The van der Waals surface area contributed by atoms with Crippen LogP contribution in [0.4, 0.5) is 0 Å². The molecule has 0 aliphatic heterocycles. The number of hydrogen-bond donors (Lipinski definition) is 2. The maximum atomic E-state index is 5.59. The molecule has 1 unspecified atom stereocenters. The molecule has 2 heterocycles. The lowest BCUT2D eigenvalue weighted by atomic mass is 10.1. The second-order valence-corrected chi connectivity index (χ2v) is 4.42. The van der Waals surface area contributed by atoms with E-state index in [1.165, 1.54) is 0 Å². The number of aryl methyl sites for hydroxylation is 1. The summed E-state index contributed by atoms with van der Waals surface area (Å²) < 4.78 is 2.41. The van der Waals surface area contributed by atoms with Crippen molar-refractivity contribution < 1.29 is 0 Å². The highest BCUT2D eigenvalue weighted by atomic mass is 79.9. The van der Waals surface area contributed by atoms with Gasteiger partial charge in [-0.2, -0.15) is 0 Å². The van der Waals surface area contributed by atoms with Crippen molar-refractivity contribution in [3.05, 3.63) is 40.4 Å². The molecule has 17 heavy (non-hydrogen) atoms. The van der Waals surface area contributed by atoms with E-state index >= 15 is 0 Å². The molecular formula is C10H13BrN6. The molecule has 0 fully saturated rings. The molecule has 3 N–H and O–H groups in total. The Bertz CT molecular complexity index is 463. The van der Waals surface area contributed by atoms with Crippen LogP contribution in [-0.4, -0.2) is 20.0 Å². The van der Waals surface area contributed by atoms with E-state index < -0.39 is 0 Å². The lowest BCUT2D eigenvalue weighted by Crippen LogP contribution is -2.31. The highest BCUT2D eigenvalue weighted by Crippen LogP contribution is 2.22. The SMILES string of the molecule is Cn1nnc(Br)c1C(Cc1ccncc1)NN. The molecule has 0 aromatic carbocycles. The first-order valence-electron chi connectivity index (χ1n) is 5.12.